The molecule has 1 saturated heterocycles. The largest absolute Gasteiger partial charge is 0.510 e. The average Bonchev–Trinajstić information content (AvgIpc) is 3.26. The summed E-state index contributed by atoms with van der Waals surface area (Å²) in [5.74, 6) is -0.963. The van der Waals surface area contributed by atoms with Gasteiger partial charge in [0.2, 0.25) is 13.6 Å². The summed E-state index contributed by atoms with van der Waals surface area (Å²) in [6.07, 6.45) is -6.21. The van der Waals surface area contributed by atoms with Gasteiger partial charge >= 0.3 is 25.8 Å². The number of nitrogens with zero attached hydrogens (tertiary/aromatic N) is 1. The lowest BCUT2D eigenvalue weighted by Crippen LogP contribution is -2.47. The second kappa shape index (κ2) is 19.7. The molecule has 0 amide bonds. The molecule has 1 aromatic rings. The summed E-state index contributed by atoms with van der Waals surface area (Å²) in [4.78, 5) is 50.0. The maximum absolute atomic E-state index is 14.5. The minimum atomic E-state index is -4.95. The van der Waals surface area contributed by atoms with Crippen LogP contribution < -0.4 is 11.2 Å². The monoisotopic (exact) mass is 706 g/mol. The first-order valence-corrected chi connectivity index (χ1v) is 15.2. The Balaban J connectivity index is 2.16. The second-order valence-electron chi connectivity index (χ2n) is 9.83. The Bertz CT molecular complexity index is 1230. The number of aromatic amines is 1. The number of nitrogens with one attached hydrogen (secondary N) is 1. The summed E-state index contributed by atoms with van der Waals surface area (Å²) in [5, 5.41) is 10.9. The molecule has 2 N–H and O–H groups in total. The summed E-state index contributed by atoms with van der Waals surface area (Å²) in [7, 11) is 0.476. The van der Waals surface area contributed by atoms with Crippen molar-refractivity contribution in [2.45, 2.75) is 37.1 Å². The minimum absolute atomic E-state index is 0.0458. The van der Waals surface area contributed by atoms with Crippen LogP contribution in [0.1, 0.15) is 13.2 Å². The Kier molecular flexibility index (Phi) is 16.9. The van der Waals surface area contributed by atoms with E-state index in [4.69, 9.17) is 56.2 Å². The van der Waals surface area contributed by atoms with Gasteiger partial charge in [0.1, 0.15) is 18.5 Å². The highest BCUT2D eigenvalue weighted by molar-refractivity contribution is 7.48. The van der Waals surface area contributed by atoms with Crippen molar-refractivity contribution in [1.82, 2.24) is 9.55 Å². The van der Waals surface area contributed by atoms with Crippen LogP contribution in [0, 0.1) is 5.92 Å². The molecule has 22 heteroatoms. The van der Waals surface area contributed by atoms with Crippen LogP contribution in [-0.4, -0.2) is 133 Å². The van der Waals surface area contributed by atoms with Crippen LogP contribution >= 0.6 is 7.82 Å². The number of alkyl halides is 1. The van der Waals surface area contributed by atoms with E-state index in [9.17, 15) is 33.2 Å². The first-order valence-electron chi connectivity index (χ1n) is 13.8. The van der Waals surface area contributed by atoms with Gasteiger partial charge in [0.05, 0.1) is 39.1 Å². The number of aliphatic hydroxyl groups is 1. The smallest absolute Gasteiger partial charge is 0.426 e. The number of carbonyl (C=O) groups is 2. The van der Waals surface area contributed by atoms with Gasteiger partial charge in [0, 0.05) is 46.6 Å². The minimum Gasteiger partial charge on any atom is -0.426 e. The highest BCUT2D eigenvalue weighted by Gasteiger charge is 2.55. The van der Waals surface area contributed by atoms with Crippen LogP contribution in [0.5, 0.6) is 0 Å². The number of hydrogen-bond acceptors (Lipinski definition) is 18. The predicted octanol–water partition coefficient (Wildman–Crippen LogP) is 0.473. The molecule has 0 radical (unpaired) electrons. The number of methoxy groups -OCH3 is 4. The Morgan fingerprint density at radius 2 is 1.45 bits per heavy atom. The maximum Gasteiger partial charge on any atom is 0.510 e. The Morgan fingerprint density at radius 1 is 0.957 bits per heavy atom. The molecule has 0 aromatic carbocycles. The van der Waals surface area contributed by atoms with E-state index in [0.29, 0.717) is 0 Å². The number of hydrogen-bond donors (Lipinski definition) is 2. The second-order valence-corrected chi connectivity index (χ2v) is 11.5. The summed E-state index contributed by atoms with van der Waals surface area (Å²) >= 11 is 0. The van der Waals surface area contributed by atoms with Gasteiger partial charge in [-0.25, -0.2) is 32.4 Å². The van der Waals surface area contributed by atoms with Crippen molar-refractivity contribution in [3.8, 4) is 0 Å². The number of carbonyl (C=O) groups excluding carboxylic acids is 2. The number of ether oxygens (including phenoxy) is 9. The van der Waals surface area contributed by atoms with E-state index < -0.39 is 94.3 Å². The van der Waals surface area contributed by atoms with E-state index in [1.807, 2.05) is 4.98 Å². The number of halogens is 1. The zero-order valence-corrected chi connectivity index (χ0v) is 27.3. The third-order valence-electron chi connectivity index (χ3n) is 6.37. The Hall–Kier alpha value is -2.98. The molecule has 0 bridgehead atoms. The molecule has 4 atom stereocenters. The van der Waals surface area contributed by atoms with Gasteiger partial charge in [-0.1, -0.05) is 6.92 Å². The number of H-pyrrole nitrogens is 1. The first-order chi connectivity index (χ1) is 22.4. The van der Waals surface area contributed by atoms with Gasteiger partial charge in [-0.15, -0.1) is 0 Å². The molecule has 1 aliphatic heterocycles. The lowest BCUT2D eigenvalue weighted by molar-refractivity contribution is -0.140. The van der Waals surface area contributed by atoms with Crippen LogP contribution in [0.3, 0.4) is 0 Å². The van der Waals surface area contributed by atoms with E-state index in [1.165, 1.54) is 35.4 Å². The summed E-state index contributed by atoms with van der Waals surface area (Å²) < 4.78 is 88.9. The average molecular weight is 707 g/mol. The first kappa shape index (κ1) is 40.2. The number of phosphoric acid groups is 1. The topological polar surface area (TPSA) is 237 Å². The number of aromatic nitrogens is 2. The molecule has 4 unspecified atom stereocenters. The quantitative estimate of drug-likeness (QED) is 0.100. The zero-order chi connectivity index (χ0) is 35.0. The van der Waals surface area contributed by atoms with E-state index in [0.717, 1.165) is 16.8 Å². The third kappa shape index (κ3) is 12.2. The van der Waals surface area contributed by atoms with Crippen molar-refractivity contribution in [1.29, 1.82) is 0 Å². The molecule has 1 aromatic heterocycles. The molecular weight excluding hydrogens is 666 g/mol. The van der Waals surface area contributed by atoms with Crippen LogP contribution in [0.2, 0.25) is 0 Å². The molecule has 270 valence electrons. The Morgan fingerprint density at radius 3 is 1.87 bits per heavy atom. The maximum atomic E-state index is 14.5. The van der Waals surface area contributed by atoms with Crippen molar-refractivity contribution < 1.29 is 79.9 Å². The van der Waals surface area contributed by atoms with E-state index in [1.54, 1.807) is 0 Å². The SMILES string of the molecule is COCC(COC)OC(=O)OCOP(=O)(OCOC(=O)OC(COC)COC)OCC1(CF)OC(n2ccc(=O)[nH]c2=O)C(C)C1O. The van der Waals surface area contributed by atoms with Crippen molar-refractivity contribution in [2.24, 2.45) is 5.92 Å². The van der Waals surface area contributed by atoms with E-state index >= 15 is 0 Å². The predicted molar refractivity (Wildman–Crippen MR) is 151 cm³/mol. The molecule has 20 nitrogen and oxygen atoms in total. The molecule has 0 aliphatic carbocycles. The molecule has 0 saturated carbocycles. The van der Waals surface area contributed by atoms with Crippen LogP contribution in [0.4, 0.5) is 14.0 Å². The van der Waals surface area contributed by atoms with Gasteiger partial charge in [-0.2, -0.15) is 0 Å². The van der Waals surface area contributed by atoms with Gasteiger partial charge in [-0.3, -0.25) is 18.9 Å². The van der Waals surface area contributed by atoms with E-state index in [2.05, 4.69) is 0 Å². The summed E-state index contributed by atoms with van der Waals surface area (Å²) in [6.45, 7) is -3.44. The number of rotatable bonds is 21. The molecule has 1 aliphatic rings. The van der Waals surface area contributed by atoms with Crippen molar-refractivity contribution in [3.63, 3.8) is 0 Å². The standard InChI is InChI=1S/C25H40FN2O18P/c1-16-20(30)25(12-26,46-21(16)28-7-6-19(29)27-22(28)31)13-41-47(34,42-14-39-23(32)44-17(8-35-2)9-36-3)43-15-40-24(33)45-18(10-37-4)11-38-5/h6-7,16-18,20-21,30H,8-15H2,1-5H3,(H,27,29,31). The van der Waals surface area contributed by atoms with Gasteiger partial charge in [0.15, 0.2) is 12.2 Å². The lowest BCUT2D eigenvalue weighted by Gasteiger charge is -2.30. The third-order valence-corrected chi connectivity index (χ3v) is 7.66. The molecule has 1 fully saturated rings. The van der Waals surface area contributed by atoms with Gasteiger partial charge in [0.25, 0.3) is 5.56 Å². The highest BCUT2D eigenvalue weighted by Crippen LogP contribution is 2.52. The molecule has 0 spiro atoms. The molecular formula is C25H40FN2O18P. The zero-order valence-electron chi connectivity index (χ0n) is 26.4. The summed E-state index contributed by atoms with van der Waals surface area (Å²) in [6, 6.07) is 1.02. The Labute approximate surface area is 267 Å². The van der Waals surface area contributed by atoms with Crippen molar-refractivity contribution >= 4 is 20.1 Å². The van der Waals surface area contributed by atoms with Gasteiger partial charge in [-0.05, 0) is 0 Å². The fourth-order valence-electron chi connectivity index (χ4n) is 4.15. The molecule has 2 rings (SSSR count). The van der Waals surface area contributed by atoms with Gasteiger partial charge < -0.3 is 47.7 Å². The fourth-order valence-corrected chi connectivity index (χ4v) is 5.12. The fraction of sp³-hybridized carbons (Fsp3) is 0.760. The highest BCUT2D eigenvalue weighted by atomic mass is 31.2. The van der Waals surface area contributed by atoms with Crippen LogP contribution in [0.25, 0.3) is 0 Å². The number of aliphatic hydroxyl groups excluding tert-OH is 1. The van der Waals surface area contributed by atoms with Crippen molar-refractivity contribution in [3.05, 3.63) is 33.1 Å². The number of phosphoric ester groups is 1. The lowest BCUT2D eigenvalue weighted by atomic mass is 9.92. The van der Waals surface area contributed by atoms with E-state index in [-0.39, 0.29) is 26.4 Å². The van der Waals surface area contributed by atoms with Crippen LogP contribution in [-0.2, 0) is 60.8 Å². The molecule has 47 heavy (non-hydrogen) atoms. The molecule has 2 heterocycles. The van der Waals surface area contributed by atoms with Crippen molar-refractivity contribution in [2.75, 3.05) is 81.7 Å². The van der Waals surface area contributed by atoms with Crippen LogP contribution in [0.15, 0.2) is 21.9 Å². The normalized spacial score (nSPS) is 21.3. The summed E-state index contributed by atoms with van der Waals surface area (Å²) in [5.41, 5.74) is -3.85.